The highest BCUT2D eigenvalue weighted by atomic mass is 35.5. The van der Waals surface area contributed by atoms with Gasteiger partial charge in [0.2, 0.25) is 11.8 Å². The predicted octanol–water partition coefficient (Wildman–Crippen LogP) is 1.92. The van der Waals surface area contributed by atoms with Gasteiger partial charge in [0.25, 0.3) is 0 Å². The standard InChI is InChI=1S/C25H40ClFN2O7S/c1-37(33,34)18-5-2-16(3-6-18)35-15-23(32)29-25-10-8-24(9-11-25,13-21(25)30)28-22(31)14-36-17-4-7-19(26)20(27)12-17/h16-21,30H,2-15H2,1H3,(H,28,31)(H,29,32)/t16?,17?,18?,19?,20?,21-,24?,25?/m0/s1. The van der Waals surface area contributed by atoms with Gasteiger partial charge in [-0.25, -0.2) is 12.8 Å². The van der Waals surface area contributed by atoms with Crippen LogP contribution in [0, 0.1) is 0 Å². The molecule has 0 aromatic rings. The number of fused-ring (bicyclic) bond motifs is 3. The van der Waals surface area contributed by atoms with Crippen molar-refractivity contribution in [3.05, 3.63) is 0 Å². The third-order valence-electron chi connectivity index (χ3n) is 8.89. The Morgan fingerprint density at radius 1 is 0.946 bits per heavy atom. The van der Waals surface area contributed by atoms with Gasteiger partial charge in [0.15, 0.2) is 0 Å². The van der Waals surface area contributed by atoms with Crippen LogP contribution in [0.15, 0.2) is 0 Å². The Morgan fingerprint density at radius 3 is 2.08 bits per heavy atom. The van der Waals surface area contributed by atoms with Gasteiger partial charge >= 0.3 is 0 Å². The van der Waals surface area contributed by atoms with Crippen LogP contribution in [-0.2, 0) is 28.9 Å². The number of ether oxygens (including phenoxy) is 2. The monoisotopic (exact) mass is 566 g/mol. The number of halogens is 2. The minimum absolute atomic E-state index is 0.132. The molecule has 2 amide bonds. The SMILES string of the molecule is CS(=O)(=O)C1CCC(OCC(=O)NC23CCC(NC(=O)COC4CCC(Cl)C(F)C4)(CC2)C[C@@H]3O)CC1. The first-order valence-corrected chi connectivity index (χ1v) is 15.8. The molecule has 0 aromatic heterocycles. The molecular weight excluding hydrogens is 527 g/mol. The highest BCUT2D eigenvalue weighted by Crippen LogP contribution is 2.47. The molecule has 9 nitrogen and oxygen atoms in total. The van der Waals surface area contributed by atoms with Gasteiger partial charge in [-0.3, -0.25) is 9.59 Å². The maximum atomic E-state index is 13.8. The first-order valence-electron chi connectivity index (χ1n) is 13.4. The molecule has 0 spiro atoms. The molecule has 0 saturated heterocycles. The fraction of sp³-hybridized carbons (Fsp3) is 0.920. The number of alkyl halides is 2. The Hall–Kier alpha value is -1.01. The molecule has 0 aromatic carbocycles. The van der Waals surface area contributed by atoms with Crippen LogP contribution in [0.2, 0.25) is 0 Å². The third-order valence-corrected chi connectivity index (χ3v) is 11.1. The van der Waals surface area contributed by atoms with Crippen LogP contribution >= 0.6 is 11.6 Å². The molecule has 37 heavy (non-hydrogen) atoms. The van der Waals surface area contributed by atoms with E-state index in [0.29, 0.717) is 70.6 Å². The number of hydrogen-bond donors (Lipinski definition) is 3. The third kappa shape index (κ3) is 7.15. The van der Waals surface area contributed by atoms with Gasteiger partial charge < -0.3 is 25.2 Å². The number of amides is 2. The lowest BCUT2D eigenvalue weighted by Gasteiger charge is -2.56. The zero-order valence-corrected chi connectivity index (χ0v) is 23.0. The highest BCUT2D eigenvalue weighted by molar-refractivity contribution is 7.91. The van der Waals surface area contributed by atoms with Crippen molar-refractivity contribution in [2.75, 3.05) is 19.5 Å². The molecular formula is C25H40ClFN2O7S. The summed E-state index contributed by atoms with van der Waals surface area (Å²) in [6.45, 7) is -0.291. The summed E-state index contributed by atoms with van der Waals surface area (Å²) in [5.41, 5.74) is -1.29. The molecule has 0 heterocycles. The second-order valence-electron chi connectivity index (χ2n) is 11.6. The molecule has 4 atom stereocenters. The largest absolute Gasteiger partial charge is 0.391 e. The second kappa shape index (κ2) is 11.6. The topological polar surface area (TPSA) is 131 Å². The minimum Gasteiger partial charge on any atom is -0.391 e. The maximum absolute atomic E-state index is 13.8. The lowest BCUT2D eigenvalue weighted by atomic mass is 9.60. The van der Waals surface area contributed by atoms with Crippen LogP contribution in [0.4, 0.5) is 4.39 Å². The van der Waals surface area contributed by atoms with Crippen LogP contribution in [0.25, 0.3) is 0 Å². The summed E-state index contributed by atoms with van der Waals surface area (Å²) in [4.78, 5) is 25.3. The minimum atomic E-state index is -3.05. The zero-order valence-electron chi connectivity index (χ0n) is 21.4. The second-order valence-corrected chi connectivity index (χ2v) is 14.5. The van der Waals surface area contributed by atoms with Gasteiger partial charge in [0.05, 0.1) is 34.5 Å². The van der Waals surface area contributed by atoms with Crippen LogP contribution in [0.1, 0.15) is 77.0 Å². The van der Waals surface area contributed by atoms with Crippen LogP contribution < -0.4 is 10.6 Å². The quantitative estimate of drug-likeness (QED) is 0.363. The van der Waals surface area contributed by atoms with Crippen molar-refractivity contribution in [1.29, 1.82) is 0 Å². The van der Waals surface area contributed by atoms with Crippen molar-refractivity contribution in [3.63, 3.8) is 0 Å². The molecule has 5 aliphatic rings. The molecule has 5 saturated carbocycles. The lowest BCUT2D eigenvalue weighted by Crippen LogP contribution is -2.70. The predicted molar refractivity (Wildman–Crippen MR) is 136 cm³/mol. The van der Waals surface area contributed by atoms with E-state index in [1.807, 2.05) is 0 Å². The van der Waals surface area contributed by atoms with Crippen LogP contribution in [0.5, 0.6) is 0 Å². The van der Waals surface area contributed by atoms with Gasteiger partial charge in [-0.05, 0) is 70.6 Å². The van der Waals surface area contributed by atoms with Gasteiger partial charge in [-0.2, -0.15) is 0 Å². The van der Waals surface area contributed by atoms with E-state index in [1.165, 1.54) is 6.26 Å². The Balaban J connectivity index is 1.19. The average Bonchev–Trinajstić information content (AvgIpc) is 2.84. The van der Waals surface area contributed by atoms with E-state index in [-0.39, 0.29) is 48.9 Å². The van der Waals surface area contributed by atoms with Crippen molar-refractivity contribution in [3.8, 4) is 0 Å². The summed E-state index contributed by atoms with van der Waals surface area (Å²) in [5.74, 6) is -0.581. The number of hydrogen-bond acceptors (Lipinski definition) is 7. The maximum Gasteiger partial charge on any atom is 0.246 e. The number of sulfone groups is 1. The Bertz CT molecular complexity index is 935. The molecule has 12 heteroatoms. The number of rotatable bonds is 9. The summed E-state index contributed by atoms with van der Waals surface area (Å²) in [7, 11) is -3.05. The normalized spacial score (nSPS) is 40.2. The molecule has 5 aliphatic carbocycles. The van der Waals surface area contributed by atoms with Crippen molar-refractivity contribution in [1.82, 2.24) is 10.6 Å². The Labute approximate surface area is 223 Å². The molecule has 0 radical (unpaired) electrons. The summed E-state index contributed by atoms with van der Waals surface area (Å²) >= 11 is 5.91. The summed E-state index contributed by atoms with van der Waals surface area (Å²) < 4.78 is 48.6. The smallest absolute Gasteiger partial charge is 0.246 e. The molecule has 2 bridgehead atoms. The average molecular weight is 567 g/mol. The summed E-state index contributed by atoms with van der Waals surface area (Å²) in [6, 6.07) is 0. The van der Waals surface area contributed by atoms with Crippen molar-refractivity contribution >= 4 is 33.3 Å². The Morgan fingerprint density at radius 2 is 1.51 bits per heavy atom. The number of carbonyl (C=O) groups is 2. The molecule has 3 N–H and O–H groups in total. The summed E-state index contributed by atoms with van der Waals surface area (Å²) in [6.07, 6.45) is 5.12. The fourth-order valence-electron chi connectivity index (χ4n) is 6.52. The van der Waals surface area contributed by atoms with Crippen LogP contribution in [-0.4, -0.2) is 91.0 Å². The van der Waals surface area contributed by atoms with Gasteiger partial charge in [0, 0.05) is 18.2 Å². The van der Waals surface area contributed by atoms with E-state index in [1.54, 1.807) is 0 Å². The first-order chi connectivity index (χ1) is 17.4. The van der Waals surface area contributed by atoms with Crippen molar-refractivity contribution in [2.24, 2.45) is 0 Å². The fourth-order valence-corrected chi connectivity index (χ4v) is 7.87. The van der Waals surface area contributed by atoms with E-state index in [9.17, 15) is 27.5 Å². The van der Waals surface area contributed by atoms with Crippen molar-refractivity contribution in [2.45, 2.75) is 123 Å². The van der Waals surface area contributed by atoms with E-state index in [4.69, 9.17) is 21.1 Å². The number of aliphatic hydroxyl groups excluding tert-OH is 1. The van der Waals surface area contributed by atoms with Crippen molar-refractivity contribution < 1.29 is 37.0 Å². The summed E-state index contributed by atoms with van der Waals surface area (Å²) in [5, 5.41) is 16.1. The molecule has 212 valence electrons. The van der Waals surface area contributed by atoms with Gasteiger partial charge in [0.1, 0.15) is 29.2 Å². The van der Waals surface area contributed by atoms with Crippen LogP contribution in [0.3, 0.4) is 0 Å². The first kappa shape index (κ1) is 29.0. The zero-order chi connectivity index (χ0) is 26.8. The molecule has 0 aliphatic heterocycles. The number of nitrogens with one attached hydrogen (secondary N) is 2. The molecule has 5 rings (SSSR count). The Kier molecular flexibility index (Phi) is 9.10. The van der Waals surface area contributed by atoms with Gasteiger partial charge in [-0.15, -0.1) is 11.6 Å². The van der Waals surface area contributed by atoms with E-state index >= 15 is 0 Å². The van der Waals surface area contributed by atoms with Gasteiger partial charge in [-0.1, -0.05) is 0 Å². The highest BCUT2D eigenvalue weighted by Gasteiger charge is 2.55. The molecule has 5 fully saturated rings. The van der Waals surface area contributed by atoms with E-state index in [0.717, 1.165) is 0 Å². The lowest BCUT2D eigenvalue weighted by molar-refractivity contribution is -0.142. The van der Waals surface area contributed by atoms with E-state index in [2.05, 4.69) is 10.6 Å². The number of carbonyl (C=O) groups excluding carboxylic acids is 2. The molecule has 3 unspecified atom stereocenters. The van der Waals surface area contributed by atoms with E-state index < -0.39 is 38.6 Å². The number of aliphatic hydroxyl groups is 1.